The van der Waals surface area contributed by atoms with Crippen LogP contribution in [0.2, 0.25) is 0 Å². The summed E-state index contributed by atoms with van der Waals surface area (Å²) in [6.45, 7) is 3.80. The second kappa shape index (κ2) is 6.27. The lowest BCUT2D eigenvalue weighted by Crippen LogP contribution is -2.08. The van der Waals surface area contributed by atoms with Crippen LogP contribution in [-0.4, -0.2) is 10.2 Å². The van der Waals surface area contributed by atoms with Crippen LogP contribution in [0.25, 0.3) is 0 Å². The van der Waals surface area contributed by atoms with E-state index in [0.717, 1.165) is 17.7 Å². The van der Waals surface area contributed by atoms with Crippen LogP contribution in [0, 0.1) is 23.0 Å². The maximum absolute atomic E-state index is 13.7. The van der Waals surface area contributed by atoms with E-state index in [-0.39, 0.29) is 17.1 Å². The molecule has 0 saturated carbocycles. The van der Waals surface area contributed by atoms with E-state index in [1.165, 1.54) is 6.07 Å². The molecule has 6 heteroatoms. The third-order valence-electron chi connectivity index (χ3n) is 3.16. The van der Waals surface area contributed by atoms with Gasteiger partial charge in [-0.15, -0.1) is 5.10 Å². The molecule has 1 aromatic heterocycles. The van der Waals surface area contributed by atoms with E-state index in [1.807, 2.05) is 19.9 Å². The lowest BCUT2D eigenvalue weighted by molar-refractivity contribution is 0.590. The summed E-state index contributed by atoms with van der Waals surface area (Å²) in [5.74, 6) is -1.44. The molecule has 4 nitrogen and oxygen atoms in total. The van der Waals surface area contributed by atoms with Gasteiger partial charge in [0.2, 0.25) is 0 Å². The lowest BCUT2D eigenvalue weighted by Gasteiger charge is -2.12. The SMILES string of the molecule is CCc1nnc(Nc2c(F)cccc2F)c(C#N)c1CC. The highest BCUT2D eigenvalue weighted by atomic mass is 19.1. The summed E-state index contributed by atoms with van der Waals surface area (Å²) in [6.07, 6.45) is 1.23. The molecule has 0 atom stereocenters. The number of hydrogen-bond donors (Lipinski definition) is 1. The van der Waals surface area contributed by atoms with Crippen molar-refractivity contribution < 1.29 is 8.78 Å². The number of hydrogen-bond acceptors (Lipinski definition) is 4. The zero-order valence-electron chi connectivity index (χ0n) is 11.7. The Morgan fingerprint density at radius 1 is 1.14 bits per heavy atom. The molecule has 1 aromatic carbocycles. The Labute approximate surface area is 121 Å². The van der Waals surface area contributed by atoms with E-state index in [2.05, 4.69) is 15.5 Å². The highest BCUT2D eigenvalue weighted by molar-refractivity contribution is 5.65. The quantitative estimate of drug-likeness (QED) is 0.935. The van der Waals surface area contributed by atoms with Gasteiger partial charge in [0.25, 0.3) is 0 Å². The van der Waals surface area contributed by atoms with E-state index in [9.17, 15) is 14.0 Å². The maximum atomic E-state index is 13.7. The number of para-hydroxylation sites is 1. The maximum Gasteiger partial charge on any atom is 0.171 e. The van der Waals surface area contributed by atoms with Gasteiger partial charge >= 0.3 is 0 Å². The predicted molar refractivity (Wildman–Crippen MR) is 75.1 cm³/mol. The van der Waals surface area contributed by atoms with Crippen molar-refractivity contribution in [2.45, 2.75) is 26.7 Å². The second-order valence-electron chi connectivity index (χ2n) is 4.39. The average molecular weight is 288 g/mol. The van der Waals surface area contributed by atoms with Gasteiger partial charge in [-0.1, -0.05) is 19.9 Å². The number of nitrogens with zero attached hydrogens (tertiary/aromatic N) is 3. The molecule has 0 amide bonds. The van der Waals surface area contributed by atoms with Crippen molar-refractivity contribution in [1.29, 1.82) is 5.26 Å². The van der Waals surface area contributed by atoms with Crippen LogP contribution in [0.15, 0.2) is 18.2 Å². The molecule has 2 aromatic rings. The Morgan fingerprint density at radius 3 is 2.33 bits per heavy atom. The Morgan fingerprint density at radius 2 is 1.81 bits per heavy atom. The third-order valence-corrected chi connectivity index (χ3v) is 3.16. The molecule has 0 radical (unpaired) electrons. The van der Waals surface area contributed by atoms with Gasteiger partial charge in [0.05, 0.1) is 5.69 Å². The smallest absolute Gasteiger partial charge is 0.171 e. The van der Waals surface area contributed by atoms with Gasteiger partial charge in [-0.2, -0.15) is 10.4 Å². The molecule has 21 heavy (non-hydrogen) atoms. The van der Waals surface area contributed by atoms with Gasteiger partial charge in [-0.25, -0.2) is 8.78 Å². The number of aryl methyl sites for hydroxylation is 1. The molecule has 0 fully saturated rings. The van der Waals surface area contributed by atoms with Gasteiger partial charge < -0.3 is 5.32 Å². The van der Waals surface area contributed by atoms with Gasteiger partial charge in [0.1, 0.15) is 29.0 Å². The second-order valence-corrected chi connectivity index (χ2v) is 4.39. The first kappa shape index (κ1) is 14.9. The highest BCUT2D eigenvalue weighted by Crippen LogP contribution is 2.26. The number of halogens is 2. The number of nitrogens with one attached hydrogen (secondary N) is 1. The highest BCUT2D eigenvalue weighted by Gasteiger charge is 2.17. The first-order valence-corrected chi connectivity index (χ1v) is 6.61. The topological polar surface area (TPSA) is 61.6 Å². The van der Waals surface area contributed by atoms with E-state index in [4.69, 9.17) is 0 Å². The van der Waals surface area contributed by atoms with Gasteiger partial charge in [0.15, 0.2) is 5.82 Å². The minimum atomic E-state index is -0.752. The van der Waals surface area contributed by atoms with E-state index in [1.54, 1.807) is 0 Å². The van der Waals surface area contributed by atoms with Crippen molar-refractivity contribution >= 4 is 11.5 Å². The van der Waals surface area contributed by atoms with Crippen molar-refractivity contribution in [1.82, 2.24) is 10.2 Å². The Kier molecular flexibility index (Phi) is 4.43. The van der Waals surface area contributed by atoms with Gasteiger partial charge in [-0.3, -0.25) is 0 Å². The molecular weight excluding hydrogens is 274 g/mol. The minimum Gasteiger partial charge on any atom is -0.333 e. The van der Waals surface area contributed by atoms with Crippen LogP contribution in [0.1, 0.15) is 30.7 Å². The molecule has 0 aliphatic carbocycles. The van der Waals surface area contributed by atoms with E-state index >= 15 is 0 Å². The fourth-order valence-electron chi connectivity index (χ4n) is 2.12. The molecule has 1 N–H and O–H groups in total. The molecule has 0 unspecified atom stereocenters. The van der Waals surface area contributed by atoms with Gasteiger partial charge in [-0.05, 0) is 30.5 Å². The molecule has 2 rings (SSSR count). The predicted octanol–water partition coefficient (Wildman–Crippen LogP) is 3.49. The van der Waals surface area contributed by atoms with Crippen LogP contribution >= 0.6 is 0 Å². The first-order valence-electron chi connectivity index (χ1n) is 6.61. The van der Waals surface area contributed by atoms with Crippen molar-refractivity contribution in [3.05, 3.63) is 46.7 Å². The minimum absolute atomic E-state index is 0.0653. The molecule has 0 aliphatic rings. The molecular formula is C15H14F2N4. The van der Waals surface area contributed by atoms with Crippen molar-refractivity contribution in [2.75, 3.05) is 5.32 Å². The number of nitriles is 1. The zero-order chi connectivity index (χ0) is 15.4. The zero-order valence-corrected chi connectivity index (χ0v) is 11.7. The molecule has 0 bridgehead atoms. The fourth-order valence-corrected chi connectivity index (χ4v) is 2.12. The van der Waals surface area contributed by atoms with Crippen molar-refractivity contribution in [2.24, 2.45) is 0 Å². The van der Waals surface area contributed by atoms with Crippen molar-refractivity contribution in [3.8, 4) is 6.07 Å². The molecule has 0 spiro atoms. The summed E-state index contributed by atoms with van der Waals surface area (Å²) in [6, 6.07) is 5.57. The fraction of sp³-hybridized carbons (Fsp3) is 0.267. The summed E-state index contributed by atoms with van der Waals surface area (Å²) in [5, 5.41) is 19.8. The summed E-state index contributed by atoms with van der Waals surface area (Å²) < 4.78 is 27.3. The molecule has 0 saturated heterocycles. The van der Waals surface area contributed by atoms with Crippen LogP contribution in [-0.2, 0) is 12.8 Å². The van der Waals surface area contributed by atoms with Crippen LogP contribution in [0.4, 0.5) is 20.3 Å². The lowest BCUT2D eigenvalue weighted by atomic mass is 10.0. The first-order chi connectivity index (χ1) is 10.1. The van der Waals surface area contributed by atoms with E-state index < -0.39 is 11.6 Å². The Bertz CT molecular complexity index is 687. The molecule has 0 aliphatic heterocycles. The normalized spacial score (nSPS) is 10.2. The molecule has 1 heterocycles. The van der Waals surface area contributed by atoms with Crippen LogP contribution in [0.3, 0.4) is 0 Å². The Balaban J connectivity index is 2.53. The summed E-state index contributed by atoms with van der Waals surface area (Å²) >= 11 is 0. The van der Waals surface area contributed by atoms with E-state index in [0.29, 0.717) is 18.5 Å². The summed E-state index contributed by atoms with van der Waals surface area (Å²) in [7, 11) is 0. The number of anilines is 2. The monoisotopic (exact) mass is 288 g/mol. The van der Waals surface area contributed by atoms with Crippen LogP contribution in [0.5, 0.6) is 0 Å². The summed E-state index contributed by atoms with van der Waals surface area (Å²) in [4.78, 5) is 0. The van der Waals surface area contributed by atoms with Crippen LogP contribution < -0.4 is 5.32 Å². The number of benzene rings is 1. The average Bonchev–Trinajstić information content (AvgIpc) is 2.50. The van der Waals surface area contributed by atoms with Crippen molar-refractivity contribution in [3.63, 3.8) is 0 Å². The third kappa shape index (κ3) is 2.82. The number of rotatable bonds is 4. The Hall–Kier alpha value is -2.55. The molecule has 108 valence electrons. The largest absolute Gasteiger partial charge is 0.333 e. The standard InChI is InChI=1S/C15H14F2N4/c1-3-9-10(8-18)15(21-20-13(9)4-2)19-14-11(16)6-5-7-12(14)17/h5-7H,3-4H2,1-2H3,(H,19,21). The summed E-state index contributed by atoms with van der Waals surface area (Å²) in [5.41, 5.74) is 1.39. The van der Waals surface area contributed by atoms with Gasteiger partial charge in [0, 0.05) is 0 Å². The number of aromatic nitrogens is 2.